The fraction of sp³-hybridized carbons (Fsp3) is 0.531. The number of carboxylic acids is 1. The number of anilines is 1. The van der Waals surface area contributed by atoms with Gasteiger partial charge in [-0.05, 0) is 96.3 Å². The zero-order chi connectivity index (χ0) is 28.4. The normalized spacial score (nSPS) is 23.4. The summed E-state index contributed by atoms with van der Waals surface area (Å²) in [4.78, 5) is 34.0. The van der Waals surface area contributed by atoms with E-state index in [1.807, 2.05) is 56.3 Å². The maximum Gasteiger partial charge on any atom is 0.348 e. The first-order valence-electron chi connectivity index (χ1n) is 14.4. The molecular formula is C32H39N3O3S2. The highest BCUT2D eigenvalue weighted by Gasteiger charge is 2.37. The number of pyridine rings is 1. The van der Waals surface area contributed by atoms with Crippen molar-refractivity contribution in [3.8, 4) is 11.8 Å². The van der Waals surface area contributed by atoms with Gasteiger partial charge in [0.2, 0.25) is 5.91 Å². The van der Waals surface area contributed by atoms with Crippen molar-refractivity contribution < 1.29 is 14.7 Å². The molecule has 0 unspecified atom stereocenters. The average molecular weight is 578 g/mol. The summed E-state index contributed by atoms with van der Waals surface area (Å²) in [5.74, 6) is 6.10. The van der Waals surface area contributed by atoms with E-state index in [-0.39, 0.29) is 28.2 Å². The number of hydrogen-bond donors (Lipinski definition) is 1. The van der Waals surface area contributed by atoms with Crippen LogP contribution in [0, 0.1) is 29.1 Å². The van der Waals surface area contributed by atoms with Crippen molar-refractivity contribution in [2.45, 2.75) is 95.5 Å². The summed E-state index contributed by atoms with van der Waals surface area (Å²) in [6, 6.07) is 7.94. The lowest BCUT2D eigenvalue weighted by Crippen LogP contribution is -2.46. The van der Waals surface area contributed by atoms with Crippen molar-refractivity contribution in [2.24, 2.45) is 17.3 Å². The molecule has 2 fully saturated rings. The van der Waals surface area contributed by atoms with Crippen LogP contribution in [0.4, 0.5) is 5.69 Å². The molecule has 0 radical (unpaired) electrons. The number of carboxylic acid groups (broad SMARTS) is 1. The number of rotatable bonds is 6. The number of imidazole rings is 1. The third-order valence-electron chi connectivity index (χ3n) is 8.02. The van der Waals surface area contributed by atoms with Crippen LogP contribution in [0.1, 0.15) is 93.6 Å². The van der Waals surface area contributed by atoms with E-state index in [0.717, 1.165) is 62.0 Å². The lowest BCUT2D eigenvalue weighted by atomic mass is 9.81. The van der Waals surface area contributed by atoms with Crippen molar-refractivity contribution in [1.82, 2.24) is 9.38 Å². The Morgan fingerprint density at radius 1 is 1.10 bits per heavy atom. The van der Waals surface area contributed by atoms with Crippen LogP contribution in [0.15, 0.2) is 41.8 Å². The van der Waals surface area contributed by atoms with Gasteiger partial charge in [0, 0.05) is 28.8 Å². The van der Waals surface area contributed by atoms with E-state index in [2.05, 4.69) is 34.2 Å². The van der Waals surface area contributed by atoms with E-state index in [4.69, 9.17) is 0 Å². The molecule has 8 heteroatoms. The van der Waals surface area contributed by atoms with Crippen LogP contribution in [-0.2, 0) is 4.79 Å². The largest absolute Gasteiger partial charge is 0.477 e. The zero-order valence-corrected chi connectivity index (χ0v) is 25.5. The molecule has 2 aliphatic rings. The third-order valence-corrected chi connectivity index (χ3v) is 10.4. The van der Waals surface area contributed by atoms with Gasteiger partial charge in [0.15, 0.2) is 5.16 Å². The smallest absolute Gasteiger partial charge is 0.348 e. The number of aromatic nitrogens is 2. The minimum atomic E-state index is -0.991. The van der Waals surface area contributed by atoms with Gasteiger partial charge < -0.3 is 10.0 Å². The molecule has 0 bridgehead atoms. The highest BCUT2D eigenvalue weighted by molar-refractivity contribution is 7.99. The van der Waals surface area contributed by atoms with Crippen LogP contribution >= 0.6 is 23.1 Å². The fourth-order valence-corrected chi connectivity index (χ4v) is 7.84. The Kier molecular flexibility index (Phi) is 8.63. The molecule has 0 atom stereocenters. The van der Waals surface area contributed by atoms with Gasteiger partial charge in [-0.15, -0.1) is 11.3 Å². The summed E-state index contributed by atoms with van der Waals surface area (Å²) >= 11 is 2.99. The molecule has 0 saturated heterocycles. The molecule has 212 valence electrons. The van der Waals surface area contributed by atoms with Crippen LogP contribution in [0.2, 0.25) is 0 Å². The Morgan fingerprint density at radius 2 is 1.82 bits per heavy atom. The Bertz CT molecular complexity index is 1420. The molecule has 0 aromatic carbocycles. The second kappa shape index (κ2) is 12.0. The second-order valence-corrected chi connectivity index (χ2v) is 14.7. The number of thioether (sulfide) groups is 1. The summed E-state index contributed by atoms with van der Waals surface area (Å²) in [6.07, 6.45) is 11.4. The Labute approximate surface area is 245 Å². The van der Waals surface area contributed by atoms with Gasteiger partial charge in [-0.3, -0.25) is 9.20 Å². The van der Waals surface area contributed by atoms with E-state index >= 15 is 0 Å². The molecule has 1 N–H and O–H groups in total. The highest BCUT2D eigenvalue weighted by Crippen LogP contribution is 2.41. The lowest BCUT2D eigenvalue weighted by molar-refractivity contribution is -0.124. The number of amides is 1. The number of carbonyl (C=O) groups is 2. The monoisotopic (exact) mass is 577 g/mol. The van der Waals surface area contributed by atoms with Crippen LogP contribution in [0.5, 0.6) is 0 Å². The Balaban J connectivity index is 1.40. The Morgan fingerprint density at radius 3 is 2.50 bits per heavy atom. The molecule has 5 rings (SSSR count). The number of aromatic carboxylic acids is 1. The van der Waals surface area contributed by atoms with Crippen molar-refractivity contribution in [2.75, 3.05) is 4.90 Å². The maximum absolute atomic E-state index is 14.2. The number of fused-ring (bicyclic) bond motifs is 1. The molecule has 3 aromatic heterocycles. The van der Waals surface area contributed by atoms with Crippen LogP contribution in [-0.4, -0.2) is 37.7 Å². The summed E-state index contributed by atoms with van der Waals surface area (Å²) < 4.78 is 2.13. The summed E-state index contributed by atoms with van der Waals surface area (Å²) in [5.41, 5.74) is 1.42. The molecule has 0 aliphatic heterocycles. The quantitative estimate of drug-likeness (QED) is 0.303. The molecular weight excluding hydrogens is 539 g/mol. The standard InChI is InChI=1S/C32H39N3O3S2/c1-21-8-10-22(11-9-21)29(36)35(27-19-26(16-17-32(2,3)4)39-28(27)30(37)38)23-12-14-25(15-13-23)40-31-33-20-24-7-5-6-18-34(24)31/h5-7,18-23,25H,8-15H2,1-4H3,(H,37,38)/t21-,22-,23-,25-. The van der Waals surface area contributed by atoms with E-state index in [9.17, 15) is 14.7 Å². The predicted octanol–water partition coefficient (Wildman–Crippen LogP) is 7.75. The van der Waals surface area contributed by atoms with Gasteiger partial charge >= 0.3 is 5.97 Å². The van der Waals surface area contributed by atoms with Gasteiger partial charge in [-0.25, -0.2) is 9.78 Å². The fourth-order valence-electron chi connectivity index (χ4n) is 5.80. The van der Waals surface area contributed by atoms with E-state index < -0.39 is 5.97 Å². The van der Waals surface area contributed by atoms with Crippen LogP contribution < -0.4 is 4.90 Å². The van der Waals surface area contributed by atoms with Gasteiger partial charge in [0.25, 0.3) is 0 Å². The third kappa shape index (κ3) is 6.58. The zero-order valence-electron chi connectivity index (χ0n) is 23.9. The first-order valence-corrected chi connectivity index (χ1v) is 16.1. The van der Waals surface area contributed by atoms with Gasteiger partial charge in [0.1, 0.15) is 4.88 Å². The summed E-state index contributed by atoms with van der Waals surface area (Å²) in [6.45, 7) is 8.36. The number of nitrogens with zero attached hydrogens (tertiary/aromatic N) is 3. The van der Waals surface area contributed by atoms with E-state index in [1.54, 1.807) is 11.8 Å². The molecule has 6 nitrogen and oxygen atoms in total. The van der Waals surface area contributed by atoms with Gasteiger partial charge in [-0.2, -0.15) is 0 Å². The molecule has 2 saturated carbocycles. The van der Waals surface area contributed by atoms with E-state index in [1.165, 1.54) is 11.3 Å². The maximum atomic E-state index is 14.2. The summed E-state index contributed by atoms with van der Waals surface area (Å²) in [5, 5.41) is 11.6. The molecule has 40 heavy (non-hydrogen) atoms. The highest BCUT2D eigenvalue weighted by atomic mass is 32.2. The summed E-state index contributed by atoms with van der Waals surface area (Å²) in [7, 11) is 0. The number of hydrogen-bond acceptors (Lipinski definition) is 5. The molecule has 1 amide bonds. The predicted molar refractivity (Wildman–Crippen MR) is 163 cm³/mol. The van der Waals surface area contributed by atoms with Gasteiger partial charge in [0.05, 0.1) is 22.3 Å². The lowest BCUT2D eigenvalue weighted by Gasteiger charge is -2.39. The second-order valence-electron chi connectivity index (χ2n) is 12.4. The minimum absolute atomic E-state index is 0.0168. The van der Waals surface area contributed by atoms with Crippen molar-refractivity contribution in [3.05, 3.63) is 46.4 Å². The Hall–Kier alpha value is -2.76. The van der Waals surface area contributed by atoms with Crippen molar-refractivity contribution in [1.29, 1.82) is 0 Å². The molecule has 2 aliphatic carbocycles. The van der Waals surface area contributed by atoms with Gasteiger partial charge in [-0.1, -0.05) is 36.6 Å². The van der Waals surface area contributed by atoms with Crippen molar-refractivity contribution in [3.63, 3.8) is 0 Å². The minimum Gasteiger partial charge on any atom is -0.477 e. The first-order chi connectivity index (χ1) is 19.1. The average Bonchev–Trinajstić information content (AvgIpc) is 3.53. The molecule has 3 heterocycles. The SMILES string of the molecule is CC(C)(C)C#Cc1cc(N(C(=O)[C@H]2CC[C@H](C)CC2)[C@H]2CC[C@H](Sc3ncc4ccccn34)CC2)c(C(=O)O)s1. The molecule has 0 spiro atoms. The number of thiophene rings is 1. The first kappa shape index (κ1) is 28.8. The topological polar surface area (TPSA) is 74.9 Å². The van der Waals surface area contributed by atoms with Crippen LogP contribution in [0.25, 0.3) is 5.52 Å². The number of carbonyl (C=O) groups excluding carboxylic acids is 1. The molecule has 3 aromatic rings. The van der Waals surface area contributed by atoms with E-state index in [0.29, 0.717) is 21.7 Å². The van der Waals surface area contributed by atoms with Crippen LogP contribution in [0.3, 0.4) is 0 Å². The van der Waals surface area contributed by atoms with Crippen molar-refractivity contribution >= 4 is 46.2 Å².